The van der Waals surface area contributed by atoms with Crippen LogP contribution in [-0.4, -0.2) is 38.3 Å². The van der Waals surface area contributed by atoms with Crippen molar-refractivity contribution in [3.8, 4) is 11.4 Å². The van der Waals surface area contributed by atoms with E-state index >= 15 is 0 Å². The Kier molecular flexibility index (Phi) is 4.31. The third kappa shape index (κ3) is 3.32. The highest BCUT2D eigenvalue weighted by atomic mass is 16.5. The molecule has 7 nitrogen and oxygen atoms in total. The zero-order valence-corrected chi connectivity index (χ0v) is 14.5. The predicted molar refractivity (Wildman–Crippen MR) is 90.8 cm³/mol. The fourth-order valence-corrected chi connectivity index (χ4v) is 3.37. The van der Waals surface area contributed by atoms with E-state index in [0.29, 0.717) is 5.82 Å². The number of piperidine rings is 1. The first-order valence-electron chi connectivity index (χ1n) is 8.59. The number of likely N-dealkylation sites (tertiary alicyclic amines) is 1. The number of rotatable bonds is 4. The summed E-state index contributed by atoms with van der Waals surface area (Å²) < 4.78 is 10.8. The van der Waals surface area contributed by atoms with Crippen molar-refractivity contribution in [1.29, 1.82) is 0 Å². The summed E-state index contributed by atoms with van der Waals surface area (Å²) in [6.45, 7) is 6.78. The maximum Gasteiger partial charge on any atom is 0.231 e. The summed E-state index contributed by atoms with van der Waals surface area (Å²) in [5, 5.41) is 8.18. The molecule has 4 rings (SSSR count). The van der Waals surface area contributed by atoms with Gasteiger partial charge < -0.3 is 9.05 Å². The first-order chi connectivity index (χ1) is 12.2. The van der Waals surface area contributed by atoms with Gasteiger partial charge in [-0.25, -0.2) is 0 Å². The number of hydrogen-bond acceptors (Lipinski definition) is 7. The lowest BCUT2D eigenvalue weighted by atomic mass is 9.97. The van der Waals surface area contributed by atoms with E-state index < -0.39 is 0 Å². The van der Waals surface area contributed by atoms with E-state index in [1.165, 1.54) is 5.56 Å². The average molecular weight is 339 g/mol. The maximum absolute atomic E-state index is 5.55. The molecule has 130 valence electrons. The van der Waals surface area contributed by atoms with Gasteiger partial charge in [-0.2, -0.15) is 4.98 Å². The molecule has 0 N–H and O–H groups in total. The summed E-state index contributed by atoms with van der Waals surface area (Å²) in [6, 6.07) is 3.78. The Morgan fingerprint density at radius 3 is 2.76 bits per heavy atom. The van der Waals surface area contributed by atoms with Crippen molar-refractivity contribution in [3.05, 3.63) is 47.4 Å². The van der Waals surface area contributed by atoms with Gasteiger partial charge in [0.05, 0.1) is 11.6 Å². The van der Waals surface area contributed by atoms with Crippen LogP contribution in [-0.2, 0) is 6.54 Å². The van der Waals surface area contributed by atoms with Crippen LogP contribution in [0.3, 0.4) is 0 Å². The van der Waals surface area contributed by atoms with E-state index in [9.17, 15) is 0 Å². The largest absolute Gasteiger partial charge is 0.361 e. The van der Waals surface area contributed by atoms with Crippen LogP contribution >= 0.6 is 0 Å². The third-order valence-electron chi connectivity index (χ3n) is 4.80. The first kappa shape index (κ1) is 16.0. The number of aryl methyl sites for hydroxylation is 2. The average Bonchev–Trinajstić information content (AvgIpc) is 3.26. The van der Waals surface area contributed by atoms with Crippen molar-refractivity contribution in [1.82, 2.24) is 25.2 Å². The van der Waals surface area contributed by atoms with Gasteiger partial charge in [-0.15, -0.1) is 0 Å². The summed E-state index contributed by atoms with van der Waals surface area (Å²) in [4.78, 5) is 11.0. The van der Waals surface area contributed by atoms with Crippen molar-refractivity contribution >= 4 is 0 Å². The molecule has 1 fully saturated rings. The Hall–Kier alpha value is -2.54. The van der Waals surface area contributed by atoms with E-state index in [1.807, 2.05) is 26.0 Å². The van der Waals surface area contributed by atoms with Gasteiger partial charge in [0.1, 0.15) is 5.76 Å². The summed E-state index contributed by atoms with van der Waals surface area (Å²) >= 11 is 0. The van der Waals surface area contributed by atoms with Crippen LogP contribution in [0.4, 0.5) is 0 Å². The lowest BCUT2D eigenvalue weighted by Gasteiger charge is -2.30. The minimum atomic E-state index is 0.261. The highest BCUT2D eigenvalue weighted by Gasteiger charge is 2.27. The summed E-state index contributed by atoms with van der Waals surface area (Å²) in [7, 11) is 0. The van der Waals surface area contributed by atoms with Crippen molar-refractivity contribution in [3.63, 3.8) is 0 Å². The molecule has 0 amide bonds. The minimum absolute atomic E-state index is 0.261. The Morgan fingerprint density at radius 1 is 1.16 bits per heavy atom. The van der Waals surface area contributed by atoms with Crippen LogP contribution < -0.4 is 0 Å². The molecule has 0 aliphatic carbocycles. The lowest BCUT2D eigenvalue weighted by Crippen LogP contribution is -2.34. The van der Waals surface area contributed by atoms with E-state index in [1.54, 1.807) is 12.4 Å². The van der Waals surface area contributed by atoms with E-state index in [4.69, 9.17) is 9.05 Å². The highest BCUT2D eigenvalue weighted by molar-refractivity contribution is 5.52. The molecular weight excluding hydrogens is 318 g/mol. The van der Waals surface area contributed by atoms with Gasteiger partial charge in [0.15, 0.2) is 0 Å². The van der Waals surface area contributed by atoms with Crippen LogP contribution in [0.25, 0.3) is 11.4 Å². The molecule has 3 aromatic rings. The molecule has 1 aliphatic heterocycles. The van der Waals surface area contributed by atoms with Gasteiger partial charge >= 0.3 is 0 Å². The summed E-state index contributed by atoms with van der Waals surface area (Å²) in [5.41, 5.74) is 3.08. The second kappa shape index (κ2) is 6.76. The Bertz CT molecular complexity index is 823. The normalized spacial score (nSPS) is 18.6. The quantitative estimate of drug-likeness (QED) is 0.722. The summed E-state index contributed by atoms with van der Waals surface area (Å²) in [6.07, 6.45) is 5.64. The molecule has 1 atom stereocenters. The summed E-state index contributed by atoms with van der Waals surface area (Å²) in [5.74, 6) is 2.50. The van der Waals surface area contributed by atoms with Crippen LogP contribution in [0.1, 0.15) is 41.7 Å². The Balaban J connectivity index is 1.47. The molecule has 1 aliphatic rings. The maximum atomic E-state index is 5.55. The SMILES string of the molecule is Cc1noc(C)c1CN1CCCC(c2nc(-c3ccncc3)no2)C1. The minimum Gasteiger partial charge on any atom is -0.361 e. The van der Waals surface area contributed by atoms with E-state index in [-0.39, 0.29) is 5.92 Å². The van der Waals surface area contributed by atoms with Gasteiger partial charge in [0.2, 0.25) is 11.7 Å². The topological polar surface area (TPSA) is 81.1 Å². The lowest BCUT2D eigenvalue weighted by molar-refractivity contribution is 0.179. The molecule has 0 bridgehead atoms. The smallest absolute Gasteiger partial charge is 0.231 e. The molecule has 0 spiro atoms. The molecule has 3 aromatic heterocycles. The standard InChI is InChI=1S/C18H21N5O2/c1-12-16(13(2)24-21-12)11-23-9-3-4-15(10-23)18-20-17(22-25-18)14-5-7-19-8-6-14/h5-8,15H,3-4,9-11H2,1-2H3. The Morgan fingerprint density at radius 2 is 2.00 bits per heavy atom. The van der Waals surface area contributed by atoms with Crippen LogP contribution in [0.2, 0.25) is 0 Å². The number of hydrogen-bond donors (Lipinski definition) is 0. The van der Waals surface area contributed by atoms with Crippen molar-refractivity contribution in [2.24, 2.45) is 0 Å². The molecule has 1 unspecified atom stereocenters. The molecule has 0 saturated carbocycles. The fraction of sp³-hybridized carbons (Fsp3) is 0.444. The number of aromatic nitrogens is 4. The third-order valence-corrected chi connectivity index (χ3v) is 4.80. The highest BCUT2D eigenvalue weighted by Crippen LogP contribution is 2.29. The molecule has 4 heterocycles. The molecule has 1 saturated heterocycles. The monoisotopic (exact) mass is 339 g/mol. The number of nitrogens with zero attached hydrogens (tertiary/aromatic N) is 5. The zero-order chi connectivity index (χ0) is 17.2. The van der Waals surface area contributed by atoms with Crippen molar-refractivity contribution in [2.75, 3.05) is 13.1 Å². The second-order valence-corrected chi connectivity index (χ2v) is 6.57. The molecular formula is C18H21N5O2. The second-order valence-electron chi connectivity index (χ2n) is 6.57. The Labute approximate surface area is 146 Å². The van der Waals surface area contributed by atoms with Crippen LogP contribution in [0, 0.1) is 13.8 Å². The van der Waals surface area contributed by atoms with Gasteiger partial charge in [-0.05, 0) is 45.4 Å². The fourth-order valence-electron chi connectivity index (χ4n) is 3.37. The van der Waals surface area contributed by atoms with Gasteiger partial charge in [0.25, 0.3) is 0 Å². The molecule has 0 aromatic carbocycles. The van der Waals surface area contributed by atoms with Gasteiger partial charge in [0, 0.05) is 36.6 Å². The first-order valence-corrected chi connectivity index (χ1v) is 8.59. The predicted octanol–water partition coefficient (Wildman–Crippen LogP) is 3.12. The van der Waals surface area contributed by atoms with Crippen molar-refractivity contribution in [2.45, 2.75) is 39.2 Å². The van der Waals surface area contributed by atoms with Crippen molar-refractivity contribution < 1.29 is 9.05 Å². The molecule has 7 heteroatoms. The van der Waals surface area contributed by atoms with E-state index in [2.05, 4.69) is 25.2 Å². The van der Waals surface area contributed by atoms with Gasteiger partial charge in [-0.3, -0.25) is 9.88 Å². The molecule has 25 heavy (non-hydrogen) atoms. The van der Waals surface area contributed by atoms with Crippen LogP contribution in [0.15, 0.2) is 33.6 Å². The van der Waals surface area contributed by atoms with Gasteiger partial charge in [-0.1, -0.05) is 10.3 Å². The van der Waals surface area contributed by atoms with E-state index in [0.717, 1.165) is 55.4 Å². The zero-order valence-electron chi connectivity index (χ0n) is 14.5. The van der Waals surface area contributed by atoms with Crippen LogP contribution in [0.5, 0.6) is 0 Å². The molecule has 0 radical (unpaired) electrons. The number of pyridine rings is 1.